The molecule has 118 valence electrons. The summed E-state index contributed by atoms with van der Waals surface area (Å²) < 4.78 is 4.82. The van der Waals surface area contributed by atoms with Crippen LogP contribution in [0.5, 0.6) is 0 Å². The summed E-state index contributed by atoms with van der Waals surface area (Å²) in [5.41, 5.74) is 0. The molecule has 2 aliphatic heterocycles. The third-order valence-corrected chi connectivity index (χ3v) is 3.71. The van der Waals surface area contributed by atoms with Crippen LogP contribution in [-0.2, 0) is 19.1 Å². The number of carbonyl (C=O) groups is 3. The molecule has 8 nitrogen and oxygen atoms in total. The second kappa shape index (κ2) is 7.37. The van der Waals surface area contributed by atoms with Gasteiger partial charge in [-0.05, 0) is 12.8 Å². The van der Waals surface area contributed by atoms with E-state index in [1.165, 1.54) is 7.11 Å². The van der Waals surface area contributed by atoms with Gasteiger partial charge in [0.2, 0.25) is 17.7 Å². The van der Waals surface area contributed by atoms with Crippen molar-refractivity contribution < 1.29 is 19.1 Å². The molecule has 0 aromatic rings. The quantitative estimate of drug-likeness (QED) is 0.548. The Kier molecular flexibility index (Phi) is 5.51. The molecule has 21 heavy (non-hydrogen) atoms. The topological polar surface area (TPSA) is 99.8 Å². The van der Waals surface area contributed by atoms with Gasteiger partial charge in [0.25, 0.3) is 0 Å². The summed E-state index contributed by atoms with van der Waals surface area (Å²) in [4.78, 5) is 37.2. The van der Waals surface area contributed by atoms with Gasteiger partial charge in [0, 0.05) is 33.3 Å². The van der Waals surface area contributed by atoms with Gasteiger partial charge < -0.3 is 25.6 Å². The highest BCUT2D eigenvalue weighted by Gasteiger charge is 2.31. The van der Waals surface area contributed by atoms with Gasteiger partial charge in [-0.3, -0.25) is 14.4 Å². The fraction of sp³-hybridized carbons (Fsp3) is 0.769. The molecular weight excluding hydrogens is 276 g/mol. The second-order valence-electron chi connectivity index (χ2n) is 5.27. The van der Waals surface area contributed by atoms with Crippen molar-refractivity contribution >= 4 is 17.7 Å². The largest absolute Gasteiger partial charge is 0.375 e. The van der Waals surface area contributed by atoms with E-state index in [9.17, 15) is 14.4 Å². The standard InChI is InChI=1S/C13H22N4O4/c1-21-8-11(18)17-6-5-14-10(7-17)13(20)16-9-3-2-4-15-12(9)19/h9-10,14H,2-8H2,1H3,(H,15,19)(H,16,20)/t9-,10-/m0/s1. The minimum absolute atomic E-state index is 0.0133. The van der Waals surface area contributed by atoms with E-state index < -0.39 is 12.1 Å². The van der Waals surface area contributed by atoms with Crippen LogP contribution in [-0.4, -0.2) is 74.6 Å². The van der Waals surface area contributed by atoms with Crippen LogP contribution in [0.15, 0.2) is 0 Å². The number of nitrogens with one attached hydrogen (secondary N) is 3. The molecule has 0 aromatic carbocycles. The monoisotopic (exact) mass is 298 g/mol. The first kappa shape index (κ1) is 15.7. The number of hydrogen-bond donors (Lipinski definition) is 3. The summed E-state index contributed by atoms with van der Waals surface area (Å²) in [7, 11) is 1.46. The first-order valence-corrected chi connectivity index (χ1v) is 7.20. The average Bonchev–Trinajstić information content (AvgIpc) is 2.50. The van der Waals surface area contributed by atoms with Crippen molar-refractivity contribution in [2.24, 2.45) is 0 Å². The number of amides is 3. The molecule has 0 spiro atoms. The minimum Gasteiger partial charge on any atom is -0.375 e. The molecule has 2 atom stereocenters. The summed E-state index contributed by atoms with van der Waals surface area (Å²) in [6, 6.07) is -0.965. The van der Waals surface area contributed by atoms with Crippen LogP contribution in [0.4, 0.5) is 0 Å². The third-order valence-electron chi connectivity index (χ3n) is 3.71. The molecule has 2 aliphatic rings. The van der Waals surface area contributed by atoms with Crippen LogP contribution in [0, 0.1) is 0 Å². The van der Waals surface area contributed by atoms with Crippen molar-refractivity contribution in [2.45, 2.75) is 24.9 Å². The number of methoxy groups -OCH3 is 1. The Bertz CT molecular complexity index is 415. The second-order valence-corrected chi connectivity index (χ2v) is 5.27. The Morgan fingerprint density at radius 3 is 2.95 bits per heavy atom. The molecule has 2 heterocycles. The highest BCUT2D eigenvalue weighted by Crippen LogP contribution is 2.05. The zero-order valence-electron chi connectivity index (χ0n) is 12.2. The van der Waals surface area contributed by atoms with Gasteiger partial charge in [0.05, 0.1) is 0 Å². The molecule has 0 aliphatic carbocycles. The zero-order chi connectivity index (χ0) is 15.2. The van der Waals surface area contributed by atoms with Crippen molar-refractivity contribution in [3.05, 3.63) is 0 Å². The predicted molar refractivity (Wildman–Crippen MR) is 74.4 cm³/mol. The van der Waals surface area contributed by atoms with E-state index in [2.05, 4.69) is 16.0 Å². The van der Waals surface area contributed by atoms with Crippen molar-refractivity contribution in [3.63, 3.8) is 0 Å². The van der Waals surface area contributed by atoms with E-state index in [4.69, 9.17) is 4.74 Å². The van der Waals surface area contributed by atoms with Gasteiger partial charge in [-0.15, -0.1) is 0 Å². The lowest BCUT2D eigenvalue weighted by Gasteiger charge is -2.34. The predicted octanol–water partition coefficient (Wildman–Crippen LogP) is -2.17. The molecule has 3 N–H and O–H groups in total. The maximum Gasteiger partial charge on any atom is 0.248 e. The van der Waals surface area contributed by atoms with Crippen LogP contribution < -0.4 is 16.0 Å². The number of nitrogens with zero attached hydrogens (tertiary/aromatic N) is 1. The molecule has 0 aromatic heterocycles. The molecule has 0 radical (unpaired) electrons. The molecule has 3 amide bonds. The first-order valence-electron chi connectivity index (χ1n) is 7.20. The molecule has 2 saturated heterocycles. The number of rotatable bonds is 4. The van der Waals surface area contributed by atoms with Gasteiger partial charge in [0.15, 0.2) is 0 Å². The number of piperazine rings is 1. The SMILES string of the molecule is COCC(=O)N1CCN[C@H](C(=O)N[C@H]2CCCNC2=O)C1. The Morgan fingerprint density at radius 2 is 2.24 bits per heavy atom. The van der Waals surface area contributed by atoms with Crippen molar-refractivity contribution in [1.29, 1.82) is 0 Å². The van der Waals surface area contributed by atoms with Crippen molar-refractivity contribution in [1.82, 2.24) is 20.9 Å². The smallest absolute Gasteiger partial charge is 0.248 e. The van der Waals surface area contributed by atoms with Crippen LogP contribution in [0.3, 0.4) is 0 Å². The van der Waals surface area contributed by atoms with E-state index >= 15 is 0 Å². The van der Waals surface area contributed by atoms with Crippen molar-refractivity contribution in [3.8, 4) is 0 Å². The lowest BCUT2D eigenvalue weighted by molar-refractivity contribution is -0.138. The number of hydrogen-bond acceptors (Lipinski definition) is 5. The summed E-state index contributed by atoms with van der Waals surface area (Å²) in [5, 5.41) is 8.55. The number of piperidine rings is 1. The molecule has 0 unspecified atom stereocenters. The van der Waals surface area contributed by atoms with Gasteiger partial charge in [0.1, 0.15) is 18.7 Å². The van der Waals surface area contributed by atoms with Gasteiger partial charge in [-0.25, -0.2) is 0 Å². The lowest BCUT2D eigenvalue weighted by Crippen LogP contribution is -2.61. The average molecular weight is 298 g/mol. The normalized spacial score (nSPS) is 26.1. The molecule has 0 bridgehead atoms. The van der Waals surface area contributed by atoms with Gasteiger partial charge in [-0.1, -0.05) is 0 Å². The Hall–Kier alpha value is -1.67. The van der Waals surface area contributed by atoms with Crippen LogP contribution in [0.2, 0.25) is 0 Å². The highest BCUT2D eigenvalue weighted by atomic mass is 16.5. The molecule has 2 fully saturated rings. The lowest BCUT2D eigenvalue weighted by atomic mass is 10.1. The van der Waals surface area contributed by atoms with Crippen molar-refractivity contribution in [2.75, 3.05) is 39.9 Å². The molecular formula is C13H22N4O4. The van der Waals surface area contributed by atoms with Gasteiger partial charge in [-0.2, -0.15) is 0 Å². The summed E-state index contributed by atoms with van der Waals surface area (Å²) in [6.45, 7) is 2.06. The first-order chi connectivity index (χ1) is 10.1. The third kappa shape index (κ3) is 4.15. The van der Waals surface area contributed by atoms with E-state index in [-0.39, 0.29) is 24.3 Å². The fourth-order valence-corrected chi connectivity index (χ4v) is 2.55. The summed E-state index contributed by atoms with van der Waals surface area (Å²) in [5.74, 6) is -0.517. The van der Waals surface area contributed by atoms with E-state index in [1.54, 1.807) is 4.90 Å². The van der Waals surface area contributed by atoms with Crippen LogP contribution in [0.1, 0.15) is 12.8 Å². The highest BCUT2D eigenvalue weighted by molar-refractivity contribution is 5.90. The Labute approximate surface area is 123 Å². The van der Waals surface area contributed by atoms with Crippen LogP contribution in [0.25, 0.3) is 0 Å². The summed E-state index contributed by atoms with van der Waals surface area (Å²) >= 11 is 0. The van der Waals surface area contributed by atoms with E-state index in [0.717, 1.165) is 6.42 Å². The number of ether oxygens (including phenoxy) is 1. The fourth-order valence-electron chi connectivity index (χ4n) is 2.55. The van der Waals surface area contributed by atoms with E-state index in [1.807, 2.05) is 0 Å². The molecule has 2 rings (SSSR count). The maximum atomic E-state index is 12.2. The molecule has 8 heteroatoms. The van der Waals surface area contributed by atoms with Crippen LogP contribution >= 0.6 is 0 Å². The summed E-state index contributed by atoms with van der Waals surface area (Å²) in [6.07, 6.45) is 1.50. The minimum atomic E-state index is -0.491. The maximum absolute atomic E-state index is 12.2. The zero-order valence-corrected chi connectivity index (χ0v) is 12.2. The number of carbonyl (C=O) groups excluding carboxylic acids is 3. The Morgan fingerprint density at radius 1 is 1.43 bits per heavy atom. The molecule has 0 saturated carbocycles. The Balaban J connectivity index is 1.86. The van der Waals surface area contributed by atoms with E-state index in [0.29, 0.717) is 32.6 Å². The van der Waals surface area contributed by atoms with Gasteiger partial charge >= 0.3 is 0 Å².